The Morgan fingerprint density at radius 2 is 2.24 bits per heavy atom. The zero-order valence-electron chi connectivity index (χ0n) is 10.3. The highest BCUT2D eigenvalue weighted by Crippen LogP contribution is 2.15. The van der Waals surface area contributed by atoms with Crippen LogP contribution >= 0.6 is 0 Å². The Morgan fingerprint density at radius 3 is 2.88 bits per heavy atom. The fraction of sp³-hybridized carbons (Fsp3) is 1.00. The lowest BCUT2D eigenvalue weighted by Crippen LogP contribution is -2.47. The van der Waals surface area contributed by atoms with Crippen LogP contribution in [-0.4, -0.2) is 45.5 Å². The molecule has 17 heavy (non-hydrogen) atoms. The maximum atomic E-state index is 11.9. The van der Waals surface area contributed by atoms with E-state index in [4.69, 9.17) is 4.74 Å². The van der Waals surface area contributed by atoms with Crippen LogP contribution in [0.25, 0.3) is 0 Å². The van der Waals surface area contributed by atoms with E-state index in [1.54, 1.807) is 0 Å². The van der Waals surface area contributed by atoms with Gasteiger partial charge in [-0.3, -0.25) is 0 Å². The van der Waals surface area contributed by atoms with Gasteiger partial charge in [-0.15, -0.1) is 0 Å². The van der Waals surface area contributed by atoms with Crippen LogP contribution in [0.5, 0.6) is 0 Å². The van der Waals surface area contributed by atoms with E-state index in [0.717, 1.165) is 32.2 Å². The first-order chi connectivity index (χ1) is 8.05. The molecule has 2 aliphatic heterocycles. The van der Waals surface area contributed by atoms with Gasteiger partial charge in [0.05, 0.1) is 11.9 Å². The summed E-state index contributed by atoms with van der Waals surface area (Å²) in [4.78, 5) is 0. The van der Waals surface area contributed by atoms with E-state index in [-0.39, 0.29) is 17.9 Å². The van der Waals surface area contributed by atoms with E-state index in [1.165, 1.54) is 0 Å². The maximum absolute atomic E-state index is 11.9. The summed E-state index contributed by atoms with van der Waals surface area (Å²) >= 11 is 0. The van der Waals surface area contributed by atoms with Crippen molar-refractivity contribution < 1.29 is 13.2 Å². The van der Waals surface area contributed by atoms with Gasteiger partial charge in [-0.1, -0.05) is 0 Å². The van der Waals surface area contributed by atoms with Crippen molar-refractivity contribution in [2.24, 2.45) is 0 Å². The van der Waals surface area contributed by atoms with Gasteiger partial charge in [0.25, 0.3) is 0 Å². The molecule has 5 nitrogen and oxygen atoms in total. The SMILES string of the molecule is CC1CC(NS(=O)(=O)CC2CCCO2)CCN1. The van der Waals surface area contributed by atoms with Gasteiger partial charge in [-0.05, 0) is 39.2 Å². The molecule has 0 radical (unpaired) electrons. The summed E-state index contributed by atoms with van der Waals surface area (Å²) < 4.78 is 32.1. The van der Waals surface area contributed by atoms with Crippen molar-refractivity contribution >= 4 is 10.0 Å². The average molecular weight is 262 g/mol. The monoisotopic (exact) mass is 262 g/mol. The Bertz CT molecular complexity index is 339. The first kappa shape index (κ1) is 13.3. The van der Waals surface area contributed by atoms with Gasteiger partial charge in [-0.2, -0.15) is 0 Å². The second kappa shape index (κ2) is 5.65. The van der Waals surface area contributed by atoms with Crippen LogP contribution in [-0.2, 0) is 14.8 Å². The summed E-state index contributed by atoms with van der Waals surface area (Å²) in [5.41, 5.74) is 0. The lowest BCUT2D eigenvalue weighted by atomic mass is 10.0. The van der Waals surface area contributed by atoms with Crippen molar-refractivity contribution in [2.45, 2.75) is 50.8 Å². The molecular formula is C11H22N2O3S. The minimum Gasteiger partial charge on any atom is -0.377 e. The molecule has 3 atom stereocenters. The Morgan fingerprint density at radius 1 is 1.41 bits per heavy atom. The predicted molar refractivity (Wildman–Crippen MR) is 66.4 cm³/mol. The normalized spacial score (nSPS) is 35.0. The molecule has 2 rings (SSSR count). The van der Waals surface area contributed by atoms with Crippen LogP contribution in [0.15, 0.2) is 0 Å². The minimum atomic E-state index is -3.19. The fourth-order valence-electron chi connectivity index (χ4n) is 2.56. The Labute approximate surface area is 103 Å². The zero-order chi connectivity index (χ0) is 12.3. The topological polar surface area (TPSA) is 67.4 Å². The van der Waals surface area contributed by atoms with Gasteiger partial charge in [0.2, 0.25) is 10.0 Å². The molecule has 2 heterocycles. The smallest absolute Gasteiger partial charge is 0.214 e. The number of rotatable bonds is 4. The largest absolute Gasteiger partial charge is 0.377 e. The second-order valence-corrected chi connectivity index (χ2v) is 6.91. The van der Waals surface area contributed by atoms with Crippen LogP contribution in [0.4, 0.5) is 0 Å². The molecule has 2 N–H and O–H groups in total. The molecule has 0 aromatic rings. The summed E-state index contributed by atoms with van der Waals surface area (Å²) in [6.07, 6.45) is 3.47. The van der Waals surface area contributed by atoms with E-state index in [9.17, 15) is 8.42 Å². The first-order valence-electron chi connectivity index (χ1n) is 6.40. The molecule has 2 fully saturated rings. The maximum Gasteiger partial charge on any atom is 0.214 e. The van der Waals surface area contributed by atoms with Crippen molar-refractivity contribution in [3.05, 3.63) is 0 Å². The molecule has 0 bridgehead atoms. The Kier molecular flexibility index (Phi) is 4.41. The molecule has 100 valence electrons. The minimum absolute atomic E-state index is 0.0812. The van der Waals surface area contributed by atoms with Crippen LogP contribution < -0.4 is 10.0 Å². The molecule has 0 spiro atoms. The van der Waals surface area contributed by atoms with Gasteiger partial charge in [0, 0.05) is 18.7 Å². The van der Waals surface area contributed by atoms with Crippen molar-refractivity contribution in [1.82, 2.24) is 10.0 Å². The third-order valence-corrected chi connectivity index (χ3v) is 4.90. The molecular weight excluding hydrogens is 240 g/mol. The molecule has 0 amide bonds. The highest BCUT2D eigenvalue weighted by Gasteiger charge is 2.27. The lowest BCUT2D eigenvalue weighted by Gasteiger charge is -2.28. The standard InChI is InChI=1S/C11H22N2O3S/c1-9-7-10(4-5-12-9)13-17(14,15)8-11-3-2-6-16-11/h9-13H,2-8H2,1H3. The molecule has 2 saturated heterocycles. The van der Waals surface area contributed by atoms with Gasteiger partial charge >= 0.3 is 0 Å². The van der Waals surface area contributed by atoms with Gasteiger partial charge in [0.1, 0.15) is 0 Å². The lowest BCUT2D eigenvalue weighted by molar-refractivity contribution is 0.127. The summed E-state index contributed by atoms with van der Waals surface area (Å²) in [6, 6.07) is 0.469. The number of hydrogen-bond acceptors (Lipinski definition) is 4. The molecule has 0 aromatic heterocycles. The fourth-order valence-corrected chi connectivity index (χ4v) is 4.13. The summed E-state index contributed by atoms with van der Waals surface area (Å²) in [5, 5.41) is 3.31. The number of sulfonamides is 1. The predicted octanol–water partition coefficient (Wildman–Crippen LogP) is 0.225. The van der Waals surface area contributed by atoms with Crippen LogP contribution in [0.2, 0.25) is 0 Å². The molecule has 6 heteroatoms. The van der Waals surface area contributed by atoms with Gasteiger partial charge < -0.3 is 10.1 Å². The molecule has 0 aromatic carbocycles. The van der Waals surface area contributed by atoms with E-state index in [1.807, 2.05) is 0 Å². The van der Waals surface area contributed by atoms with Gasteiger partial charge in [0.15, 0.2) is 0 Å². The third-order valence-electron chi connectivity index (χ3n) is 3.40. The van der Waals surface area contributed by atoms with Crippen molar-refractivity contribution in [2.75, 3.05) is 18.9 Å². The van der Waals surface area contributed by atoms with Crippen molar-refractivity contribution in [3.63, 3.8) is 0 Å². The summed E-state index contributed by atoms with van der Waals surface area (Å²) in [7, 11) is -3.19. The zero-order valence-corrected chi connectivity index (χ0v) is 11.1. The number of nitrogens with one attached hydrogen (secondary N) is 2. The first-order valence-corrected chi connectivity index (χ1v) is 8.05. The quantitative estimate of drug-likeness (QED) is 0.761. The van der Waals surface area contributed by atoms with Crippen molar-refractivity contribution in [1.29, 1.82) is 0 Å². The molecule has 0 saturated carbocycles. The number of piperidine rings is 1. The van der Waals surface area contributed by atoms with Crippen LogP contribution in [0.3, 0.4) is 0 Å². The number of ether oxygens (including phenoxy) is 1. The summed E-state index contributed by atoms with van der Waals surface area (Å²) in [5.74, 6) is 0.116. The molecule has 0 aliphatic carbocycles. The van der Waals surface area contributed by atoms with E-state index >= 15 is 0 Å². The second-order valence-electron chi connectivity index (χ2n) is 5.11. The Balaban J connectivity index is 1.83. The van der Waals surface area contributed by atoms with E-state index in [0.29, 0.717) is 12.6 Å². The average Bonchev–Trinajstić information content (AvgIpc) is 2.68. The molecule has 3 unspecified atom stereocenters. The van der Waals surface area contributed by atoms with Crippen LogP contribution in [0, 0.1) is 0 Å². The van der Waals surface area contributed by atoms with Crippen molar-refractivity contribution in [3.8, 4) is 0 Å². The Hall–Kier alpha value is -0.170. The summed E-state index contributed by atoms with van der Waals surface area (Å²) in [6.45, 7) is 3.67. The van der Waals surface area contributed by atoms with E-state index < -0.39 is 10.0 Å². The highest BCUT2D eigenvalue weighted by molar-refractivity contribution is 7.89. The van der Waals surface area contributed by atoms with E-state index in [2.05, 4.69) is 17.0 Å². The molecule has 2 aliphatic rings. The van der Waals surface area contributed by atoms with Gasteiger partial charge in [-0.25, -0.2) is 13.1 Å². The number of hydrogen-bond donors (Lipinski definition) is 2. The van der Waals surface area contributed by atoms with Crippen LogP contribution in [0.1, 0.15) is 32.6 Å². The highest BCUT2D eigenvalue weighted by atomic mass is 32.2. The third kappa shape index (κ3) is 4.21.